The van der Waals surface area contributed by atoms with Gasteiger partial charge >= 0.3 is 11.9 Å². The minimum absolute atomic E-state index is 0.0611. The fourth-order valence-electron chi connectivity index (χ4n) is 2.48. The third-order valence-corrected chi connectivity index (χ3v) is 3.85. The normalized spacial score (nSPS) is 10.0. The number of nitrogens with zero attached hydrogens (tertiary/aromatic N) is 1. The van der Waals surface area contributed by atoms with Crippen LogP contribution in [-0.2, 0) is 14.3 Å². The second-order valence-corrected chi connectivity index (χ2v) is 5.96. The summed E-state index contributed by atoms with van der Waals surface area (Å²) in [5.74, 6) is -1.89. The number of aryl methyl sites for hydroxylation is 1. The van der Waals surface area contributed by atoms with Gasteiger partial charge in [-0.15, -0.1) is 0 Å². The maximum Gasteiger partial charge on any atom is 0.337 e. The smallest absolute Gasteiger partial charge is 0.337 e. The summed E-state index contributed by atoms with van der Waals surface area (Å²) < 4.78 is 9.30. The van der Waals surface area contributed by atoms with Gasteiger partial charge in [-0.3, -0.25) is 14.9 Å². The average Bonchev–Trinajstić information content (AvgIpc) is 2.71. The molecule has 0 heterocycles. The molecule has 0 aliphatic heterocycles. The molecule has 1 amide bonds. The van der Waals surface area contributed by atoms with Gasteiger partial charge in [-0.25, -0.2) is 9.59 Å². The fourth-order valence-corrected chi connectivity index (χ4v) is 2.48. The molecule has 2 N–H and O–H groups in total. The molecule has 0 aromatic heterocycles. The molecule has 29 heavy (non-hydrogen) atoms. The largest absolute Gasteiger partial charge is 0.465 e. The van der Waals surface area contributed by atoms with Crippen LogP contribution in [0, 0.1) is 17.0 Å². The van der Waals surface area contributed by atoms with Crippen LogP contribution >= 0.6 is 0 Å². The first-order valence-electron chi connectivity index (χ1n) is 8.35. The van der Waals surface area contributed by atoms with E-state index in [2.05, 4.69) is 20.1 Å². The van der Waals surface area contributed by atoms with Crippen LogP contribution in [-0.4, -0.2) is 43.5 Å². The minimum Gasteiger partial charge on any atom is -0.465 e. The van der Waals surface area contributed by atoms with Crippen LogP contribution in [0.3, 0.4) is 0 Å². The van der Waals surface area contributed by atoms with Crippen LogP contribution in [0.1, 0.15) is 26.3 Å². The van der Waals surface area contributed by atoms with E-state index in [1.165, 1.54) is 44.6 Å². The summed E-state index contributed by atoms with van der Waals surface area (Å²) in [6, 6.07) is 8.54. The van der Waals surface area contributed by atoms with E-state index >= 15 is 0 Å². The van der Waals surface area contributed by atoms with Crippen molar-refractivity contribution in [1.29, 1.82) is 0 Å². The van der Waals surface area contributed by atoms with Crippen LogP contribution < -0.4 is 10.6 Å². The Morgan fingerprint density at radius 1 is 1.00 bits per heavy atom. The lowest BCUT2D eigenvalue weighted by Crippen LogP contribution is -2.22. The number of nitrogens with one attached hydrogen (secondary N) is 2. The summed E-state index contributed by atoms with van der Waals surface area (Å²) in [6.45, 7) is 1.43. The second-order valence-electron chi connectivity index (χ2n) is 5.96. The number of methoxy groups -OCH3 is 2. The molecule has 2 rings (SSSR count). The van der Waals surface area contributed by atoms with E-state index < -0.39 is 22.8 Å². The maximum atomic E-state index is 12.2. The zero-order chi connectivity index (χ0) is 21.6. The lowest BCUT2D eigenvalue weighted by atomic mass is 10.1. The number of rotatable bonds is 7. The van der Waals surface area contributed by atoms with Gasteiger partial charge in [0, 0.05) is 11.8 Å². The maximum absolute atomic E-state index is 12.2. The zero-order valence-electron chi connectivity index (χ0n) is 16.0. The Morgan fingerprint density at radius 3 is 2.10 bits per heavy atom. The number of benzene rings is 2. The van der Waals surface area contributed by atoms with Gasteiger partial charge in [-0.1, -0.05) is 6.07 Å². The first kappa shape index (κ1) is 21.4. The van der Waals surface area contributed by atoms with Crippen molar-refractivity contribution in [3.8, 4) is 0 Å². The van der Waals surface area contributed by atoms with Gasteiger partial charge in [-0.2, -0.15) is 0 Å². The summed E-state index contributed by atoms with van der Waals surface area (Å²) in [5, 5.41) is 16.4. The molecule has 0 spiro atoms. The molecular weight excluding hydrogens is 382 g/mol. The number of nitro groups is 1. The van der Waals surface area contributed by atoms with Crippen molar-refractivity contribution < 1.29 is 28.8 Å². The number of esters is 2. The van der Waals surface area contributed by atoms with Gasteiger partial charge in [0.15, 0.2) is 0 Å². The highest BCUT2D eigenvalue weighted by Gasteiger charge is 2.17. The van der Waals surface area contributed by atoms with Crippen LogP contribution in [0.4, 0.5) is 17.1 Å². The quantitative estimate of drug-likeness (QED) is 0.410. The van der Waals surface area contributed by atoms with Gasteiger partial charge in [0.25, 0.3) is 5.69 Å². The summed E-state index contributed by atoms with van der Waals surface area (Å²) in [4.78, 5) is 46.4. The standard InChI is InChI=1S/C19H19N3O7/c1-11-4-5-15(16(6-11)22(26)27)21-17(23)10-20-14-8-12(18(24)28-2)7-13(9-14)19(25)29-3/h4-9,20H,10H2,1-3H3,(H,21,23). The highest BCUT2D eigenvalue weighted by molar-refractivity contribution is 5.98. The molecule has 2 aromatic rings. The highest BCUT2D eigenvalue weighted by atomic mass is 16.6. The molecule has 0 aliphatic carbocycles. The topological polar surface area (TPSA) is 137 Å². The van der Waals surface area contributed by atoms with Crippen molar-refractivity contribution >= 4 is 34.9 Å². The summed E-state index contributed by atoms with van der Waals surface area (Å²) in [7, 11) is 2.39. The molecule has 152 valence electrons. The molecule has 0 atom stereocenters. The predicted octanol–water partition coefficient (Wildman–Crippen LogP) is 2.53. The van der Waals surface area contributed by atoms with Crippen molar-refractivity contribution in [2.45, 2.75) is 6.92 Å². The van der Waals surface area contributed by atoms with Gasteiger partial charge < -0.3 is 20.1 Å². The summed E-state index contributed by atoms with van der Waals surface area (Å²) >= 11 is 0. The average molecular weight is 401 g/mol. The molecule has 10 heteroatoms. The van der Waals surface area contributed by atoms with Gasteiger partial charge in [0.2, 0.25) is 5.91 Å². The molecule has 0 aliphatic rings. The van der Waals surface area contributed by atoms with Gasteiger partial charge in [0.05, 0.1) is 36.8 Å². The van der Waals surface area contributed by atoms with E-state index in [0.29, 0.717) is 11.3 Å². The SMILES string of the molecule is COC(=O)c1cc(NCC(=O)Nc2ccc(C)cc2[N+](=O)[O-])cc(C(=O)OC)c1. The molecular formula is C19H19N3O7. The number of carbonyl (C=O) groups excluding carboxylic acids is 3. The number of nitro benzene ring substituents is 1. The second kappa shape index (κ2) is 9.31. The van der Waals surface area contributed by atoms with Crippen molar-refractivity contribution in [3.05, 3.63) is 63.2 Å². The third kappa shape index (κ3) is 5.51. The van der Waals surface area contributed by atoms with E-state index in [1.807, 2.05) is 0 Å². The number of ether oxygens (including phenoxy) is 2. The van der Waals surface area contributed by atoms with Crippen molar-refractivity contribution in [3.63, 3.8) is 0 Å². The minimum atomic E-state index is -0.668. The number of hydrogen-bond donors (Lipinski definition) is 2. The molecule has 0 saturated heterocycles. The molecule has 2 aromatic carbocycles. The Balaban J connectivity index is 2.17. The fraction of sp³-hybridized carbons (Fsp3) is 0.211. The highest BCUT2D eigenvalue weighted by Crippen LogP contribution is 2.25. The van der Waals surface area contributed by atoms with Crippen molar-refractivity contribution in [1.82, 2.24) is 0 Å². The summed E-state index contributed by atoms with van der Waals surface area (Å²) in [5.41, 5.74) is 0.995. The van der Waals surface area contributed by atoms with E-state index in [0.717, 1.165) is 0 Å². The Morgan fingerprint density at radius 2 is 1.59 bits per heavy atom. The predicted molar refractivity (Wildman–Crippen MR) is 104 cm³/mol. The molecule has 0 unspecified atom stereocenters. The number of anilines is 2. The molecule has 0 fully saturated rings. The third-order valence-electron chi connectivity index (χ3n) is 3.85. The van der Waals surface area contributed by atoms with Crippen LogP contribution in [0.15, 0.2) is 36.4 Å². The Hall–Kier alpha value is -3.95. The Kier molecular flexibility index (Phi) is 6.85. The molecule has 0 radical (unpaired) electrons. The lowest BCUT2D eigenvalue weighted by molar-refractivity contribution is -0.384. The van der Waals surface area contributed by atoms with E-state index in [9.17, 15) is 24.5 Å². The Bertz CT molecular complexity index is 938. The number of carbonyl (C=O) groups is 3. The number of hydrogen-bond acceptors (Lipinski definition) is 8. The molecule has 0 bridgehead atoms. The van der Waals surface area contributed by atoms with Crippen LogP contribution in [0.5, 0.6) is 0 Å². The van der Waals surface area contributed by atoms with Gasteiger partial charge in [-0.05, 0) is 36.8 Å². The van der Waals surface area contributed by atoms with Crippen LogP contribution in [0.2, 0.25) is 0 Å². The van der Waals surface area contributed by atoms with Gasteiger partial charge in [0.1, 0.15) is 5.69 Å². The van der Waals surface area contributed by atoms with E-state index in [-0.39, 0.29) is 29.0 Å². The van der Waals surface area contributed by atoms with Crippen molar-refractivity contribution in [2.24, 2.45) is 0 Å². The molecule has 10 nitrogen and oxygen atoms in total. The zero-order valence-corrected chi connectivity index (χ0v) is 16.0. The Labute approximate surface area is 166 Å². The number of amides is 1. The lowest BCUT2D eigenvalue weighted by Gasteiger charge is -2.11. The van der Waals surface area contributed by atoms with E-state index in [1.54, 1.807) is 13.0 Å². The van der Waals surface area contributed by atoms with Crippen LogP contribution in [0.25, 0.3) is 0 Å². The summed E-state index contributed by atoms with van der Waals surface area (Å²) in [6.07, 6.45) is 0. The van der Waals surface area contributed by atoms with Crippen molar-refractivity contribution in [2.75, 3.05) is 31.4 Å². The first-order valence-corrected chi connectivity index (χ1v) is 8.35. The van der Waals surface area contributed by atoms with E-state index in [4.69, 9.17) is 0 Å². The first-order chi connectivity index (χ1) is 13.7. The molecule has 0 saturated carbocycles. The monoisotopic (exact) mass is 401 g/mol.